The van der Waals surface area contributed by atoms with E-state index in [0.717, 1.165) is 6.07 Å². The number of halogens is 2. The zero-order chi connectivity index (χ0) is 12.9. The van der Waals surface area contributed by atoms with Crippen molar-refractivity contribution in [2.75, 3.05) is 19.8 Å². The van der Waals surface area contributed by atoms with Crippen molar-refractivity contribution >= 4 is 0 Å². The first-order chi connectivity index (χ1) is 8.08. The molecule has 0 aliphatic carbocycles. The van der Waals surface area contributed by atoms with Crippen molar-refractivity contribution in [1.29, 1.82) is 0 Å². The SMILES string of the molecule is OCC(CO)(CO)NCc1cccc(F)c1F. The predicted molar refractivity (Wildman–Crippen MR) is 57.2 cm³/mol. The molecule has 0 saturated carbocycles. The molecule has 0 aromatic heterocycles. The van der Waals surface area contributed by atoms with E-state index in [1.807, 2.05) is 0 Å². The van der Waals surface area contributed by atoms with Gasteiger partial charge in [0.15, 0.2) is 11.6 Å². The molecule has 0 radical (unpaired) electrons. The number of nitrogens with one attached hydrogen (secondary N) is 1. The van der Waals surface area contributed by atoms with Gasteiger partial charge in [0, 0.05) is 12.1 Å². The monoisotopic (exact) mass is 247 g/mol. The fourth-order valence-corrected chi connectivity index (χ4v) is 1.29. The van der Waals surface area contributed by atoms with Crippen molar-refractivity contribution in [2.45, 2.75) is 12.1 Å². The lowest BCUT2D eigenvalue weighted by Crippen LogP contribution is -2.54. The fraction of sp³-hybridized carbons (Fsp3) is 0.455. The summed E-state index contributed by atoms with van der Waals surface area (Å²) in [6.45, 7) is -1.66. The molecular formula is C11H15F2NO3. The summed E-state index contributed by atoms with van der Waals surface area (Å²) >= 11 is 0. The van der Waals surface area contributed by atoms with E-state index in [1.54, 1.807) is 0 Å². The van der Waals surface area contributed by atoms with E-state index >= 15 is 0 Å². The molecule has 0 atom stereocenters. The Morgan fingerprint density at radius 1 is 1.06 bits per heavy atom. The number of benzene rings is 1. The van der Waals surface area contributed by atoms with Crippen LogP contribution in [0.4, 0.5) is 8.78 Å². The zero-order valence-corrected chi connectivity index (χ0v) is 9.16. The number of aliphatic hydroxyl groups excluding tert-OH is 3. The van der Waals surface area contributed by atoms with E-state index in [1.165, 1.54) is 12.1 Å². The molecule has 0 unspecified atom stereocenters. The average Bonchev–Trinajstić information content (AvgIpc) is 2.36. The molecule has 1 aromatic carbocycles. The minimum Gasteiger partial charge on any atom is -0.394 e. The molecule has 0 fully saturated rings. The molecule has 1 aromatic rings. The quantitative estimate of drug-likeness (QED) is 0.560. The van der Waals surface area contributed by atoms with Gasteiger partial charge in [-0.3, -0.25) is 0 Å². The Hall–Kier alpha value is -1.08. The van der Waals surface area contributed by atoms with E-state index < -0.39 is 37.0 Å². The lowest BCUT2D eigenvalue weighted by molar-refractivity contribution is 0.0411. The molecule has 0 heterocycles. The van der Waals surface area contributed by atoms with Gasteiger partial charge in [0.25, 0.3) is 0 Å². The molecule has 0 saturated heterocycles. The highest BCUT2D eigenvalue weighted by Crippen LogP contribution is 2.12. The van der Waals surface area contributed by atoms with Crippen LogP contribution in [-0.2, 0) is 6.54 Å². The lowest BCUT2D eigenvalue weighted by Gasteiger charge is -2.28. The Morgan fingerprint density at radius 2 is 1.65 bits per heavy atom. The van der Waals surface area contributed by atoms with Crippen LogP contribution in [-0.4, -0.2) is 40.7 Å². The van der Waals surface area contributed by atoms with Crippen molar-refractivity contribution in [3.63, 3.8) is 0 Å². The Kier molecular flexibility index (Phi) is 4.95. The lowest BCUT2D eigenvalue weighted by atomic mass is 10.0. The van der Waals surface area contributed by atoms with E-state index in [-0.39, 0.29) is 12.1 Å². The van der Waals surface area contributed by atoms with Crippen molar-refractivity contribution in [2.24, 2.45) is 0 Å². The molecule has 96 valence electrons. The number of rotatable bonds is 6. The minimum absolute atomic E-state index is 0.0599. The molecule has 6 heteroatoms. The summed E-state index contributed by atoms with van der Waals surface area (Å²) in [4.78, 5) is 0. The number of aliphatic hydroxyl groups is 3. The largest absolute Gasteiger partial charge is 0.394 e. The maximum atomic E-state index is 13.3. The third-order valence-corrected chi connectivity index (χ3v) is 2.59. The second-order valence-electron chi connectivity index (χ2n) is 3.82. The van der Waals surface area contributed by atoms with Crippen LogP contribution < -0.4 is 5.32 Å². The molecule has 4 N–H and O–H groups in total. The van der Waals surface area contributed by atoms with Gasteiger partial charge >= 0.3 is 0 Å². The van der Waals surface area contributed by atoms with Crippen LogP contribution in [0.25, 0.3) is 0 Å². The molecule has 0 bridgehead atoms. The summed E-state index contributed by atoms with van der Waals surface area (Å²) in [7, 11) is 0. The van der Waals surface area contributed by atoms with Gasteiger partial charge in [0.2, 0.25) is 0 Å². The normalized spacial score (nSPS) is 11.8. The summed E-state index contributed by atoms with van der Waals surface area (Å²) < 4.78 is 26.2. The standard InChI is InChI=1S/C11H15F2NO3/c12-9-3-1-2-8(10(9)13)4-14-11(5-15,6-16)7-17/h1-3,14-17H,4-7H2. The van der Waals surface area contributed by atoms with Gasteiger partial charge in [-0.25, -0.2) is 8.78 Å². The van der Waals surface area contributed by atoms with Gasteiger partial charge in [0.05, 0.1) is 25.4 Å². The minimum atomic E-state index is -1.31. The van der Waals surface area contributed by atoms with Crippen LogP contribution in [0.15, 0.2) is 18.2 Å². The van der Waals surface area contributed by atoms with Crippen LogP contribution in [0.2, 0.25) is 0 Å². The Morgan fingerprint density at radius 3 is 2.18 bits per heavy atom. The second kappa shape index (κ2) is 6.02. The number of hydrogen-bond donors (Lipinski definition) is 4. The Labute approximate surface area is 97.5 Å². The zero-order valence-electron chi connectivity index (χ0n) is 9.16. The Balaban J connectivity index is 2.75. The van der Waals surface area contributed by atoms with Crippen molar-refractivity contribution in [1.82, 2.24) is 5.32 Å². The van der Waals surface area contributed by atoms with Crippen molar-refractivity contribution < 1.29 is 24.1 Å². The van der Waals surface area contributed by atoms with Crippen LogP contribution in [0.1, 0.15) is 5.56 Å². The van der Waals surface area contributed by atoms with E-state index in [4.69, 9.17) is 15.3 Å². The molecule has 0 spiro atoms. The Bertz CT molecular complexity index is 361. The number of hydrogen-bond acceptors (Lipinski definition) is 4. The summed E-state index contributed by atoms with van der Waals surface area (Å²) in [6.07, 6.45) is 0. The highest BCUT2D eigenvalue weighted by molar-refractivity contribution is 5.19. The van der Waals surface area contributed by atoms with E-state index in [9.17, 15) is 8.78 Å². The summed E-state index contributed by atoms with van der Waals surface area (Å²) in [6, 6.07) is 3.73. The molecule has 1 rings (SSSR count). The maximum Gasteiger partial charge on any atom is 0.163 e. The average molecular weight is 247 g/mol. The first-order valence-electron chi connectivity index (χ1n) is 5.09. The molecule has 0 amide bonds. The first kappa shape index (κ1) is 14.0. The van der Waals surface area contributed by atoms with Crippen LogP contribution >= 0.6 is 0 Å². The highest BCUT2D eigenvalue weighted by Gasteiger charge is 2.27. The van der Waals surface area contributed by atoms with Gasteiger partial charge in [-0.1, -0.05) is 12.1 Å². The van der Waals surface area contributed by atoms with Gasteiger partial charge in [0.1, 0.15) is 0 Å². The second-order valence-corrected chi connectivity index (χ2v) is 3.82. The third kappa shape index (κ3) is 3.19. The van der Waals surface area contributed by atoms with Gasteiger partial charge < -0.3 is 20.6 Å². The van der Waals surface area contributed by atoms with Gasteiger partial charge in [-0.2, -0.15) is 0 Å². The fourth-order valence-electron chi connectivity index (χ4n) is 1.29. The van der Waals surface area contributed by atoms with Crippen molar-refractivity contribution in [3.8, 4) is 0 Å². The first-order valence-corrected chi connectivity index (χ1v) is 5.09. The summed E-state index contributed by atoms with van der Waals surface area (Å²) in [5.41, 5.74) is -1.25. The molecule has 4 nitrogen and oxygen atoms in total. The van der Waals surface area contributed by atoms with Crippen molar-refractivity contribution in [3.05, 3.63) is 35.4 Å². The smallest absolute Gasteiger partial charge is 0.163 e. The maximum absolute atomic E-state index is 13.3. The molecule has 0 aliphatic rings. The van der Waals surface area contributed by atoms with Gasteiger partial charge in [-0.05, 0) is 6.07 Å². The summed E-state index contributed by atoms with van der Waals surface area (Å²) in [5, 5.41) is 29.7. The van der Waals surface area contributed by atoms with Crippen LogP contribution in [0.3, 0.4) is 0 Å². The van der Waals surface area contributed by atoms with Gasteiger partial charge in [-0.15, -0.1) is 0 Å². The van der Waals surface area contributed by atoms with E-state index in [0.29, 0.717) is 0 Å². The van der Waals surface area contributed by atoms with Crippen LogP contribution in [0, 0.1) is 11.6 Å². The highest BCUT2D eigenvalue weighted by atomic mass is 19.2. The molecular weight excluding hydrogens is 232 g/mol. The third-order valence-electron chi connectivity index (χ3n) is 2.59. The topological polar surface area (TPSA) is 72.7 Å². The van der Waals surface area contributed by atoms with E-state index in [2.05, 4.69) is 5.32 Å². The molecule has 0 aliphatic heterocycles. The predicted octanol–water partition coefficient (Wildman–Crippen LogP) is -0.230. The van der Waals surface area contributed by atoms with Crippen LogP contribution in [0.5, 0.6) is 0 Å². The summed E-state index contributed by atoms with van der Waals surface area (Å²) in [5.74, 6) is -1.95. The molecule has 17 heavy (non-hydrogen) atoms.